The van der Waals surface area contributed by atoms with E-state index in [1.54, 1.807) is 0 Å². The third-order valence-electron chi connectivity index (χ3n) is 8.23. The van der Waals surface area contributed by atoms with Gasteiger partial charge in [0, 0.05) is 31.1 Å². The van der Waals surface area contributed by atoms with E-state index in [-0.39, 0.29) is 0 Å². The first-order valence-electron chi connectivity index (χ1n) is 10.1. The van der Waals surface area contributed by atoms with Crippen LogP contribution in [0.1, 0.15) is 64.8 Å². The van der Waals surface area contributed by atoms with Gasteiger partial charge in [0.2, 0.25) is 0 Å². The average Bonchev–Trinajstić information content (AvgIpc) is 3.02. The maximum absolute atomic E-state index is 3.90. The Hall–Kier alpha value is -0.930. The topological polar surface area (TPSA) is 19.1 Å². The summed E-state index contributed by atoms with van der Waals surface area (Å²) in [5, 5.41) is 2.43. The van der Waals surface area contributed by atoms with Crippen LogP contribution >= 0.6 is 0 Å². The lowest BCUT2D eigenvalue weighted by molar-refractivity contribution is -0.682. The molecule has 1 saturated heterocycles. The summed E-state index contributed by atoms with van der Waals surface area (Å²) in [5.74, 6) is 2.24. The highest BCUT2D eigenvalue weighted by Crippen LogP contribution is 2.71. The highest BCUT2D eigenvalue weighted by Gasteiger charge is 2.70. The van der Waals surface area contributed by atoms with E-state index in [1.165, 1.54) is 30.5 Å². The second kappa shape index (κ2) is 5.53. The highest BCUT2D eigenvalue weighted by atomic mass is 15.6. The molecule has 3 nitrogen and oxygen atoms in total. The van der Waals surface area contributed by atoms with Crippen LogP contribution in [0.4, 0.5) is 0 Å². The van der Waals surface area contributed by atoms with E-state index in [9.17, 15) is 0 Å². The first-order chi connectivity index (χ1) is 11.7. The predicted molar refractivity (Wildman–Crippen MR) is 102 cm³/mol. The molecule has 1 aromatic heterocycles. The first-order valence-corrected chi connectivity index (χ1v) is 10.1. The predicted octanol–water partition coefficient (Wildman–Crippen LogP) is 3.64. The van der Waals surface area contributed by atoms with Gasteiger partial charge >= 0.3 is 0 Å². The van der Waals surface area contributed by atoms with E-state index < -0.39 is 0 Å². The van der Waals surface area contributed by atoms with Gasteiger partial charge in [-0.15, -0.1) is 0 Å². The summed E-state index contributed by atoms with van der Waals surface area (Å²) in [5.41, 5.74) is 7.71. The maximum Gasteiger partial charge on any atom is 0.200 e. The number of nitrogens with zero attached hydrogens (tertiary/aromatic N) is 2. The monoisotopic (exact) mass is 342 g/mol. The summed E-state index contributed by atoms with van der Waals surface area (Å²) >= 11 is 0. The third-order valence-corrected chi connectivity index (χ3v) is 8.23. The van der Waals surface area contributed by atoms with Crippen molar-refractivity contribution in [2.75, 3.05) is 7.05 Å². The molecule has 0 spiro atoms. The largest absolute Gasteiger partial charge is 0.251 e. The summed E-state index contributed by atoms with van der Waals surface area (Å²) in [6.07, 6.45) is 6.21. The Morgan fingerprint density at radius 3 is 2.72 bits per heavy atom. The zero-order valence-corrected chi connectivity index (χ0v) is 17.1. The summed E-state index contributed by atoms with van der Waals surface area (Å²) in [4.78, 5) is 0. The van der Waals surface area contributed by atoms with E-state index in [1.807, 2.05) is 0 Å². The number of nitrogens with one attached hydrogen (secondary N) is 1. The van der Waals surface area contributed by atoms with Crippen molar-refractivity contribution in [3.8, 4) is 0 Å². The number of fused-ring (bicyclic) bond motifs is 5. The fourth-order valence-corrected chi connectivity index (χ4v) is 6.56. The average molecular weight is 343 g/mol. The Balaban J connectivity index is 1.74. The molecule has 1 aliphatic heterocycles. The van der Waals surface area contributed by atoms with Crippen molar-refractivity contribution in [2.24, 2.45) is 35.6 Å². The molecule has 1 N–H and O–H groups in total. The number of aromatic nitrogens is 1. The Morgan fingerprint density at radius 1 is 1.32 bits per heavy atom. The molecule has 2 saturated carbocycles. The van der Waals surface area contributed by atoms with Crippen molar-refractivity contribution in [3.63, 3.8) is 0 Å². The molecule has 2 aliphatic carbocycles. The van der Waals surface area contributed by atoms with Crippen LogP contribution in [0.25, 0.3) is 0 Å². The third kappa shape index (κ3) is 2.28. The van der Waals surface area contributed by atoms with Crippen LogP contribution in [0.5, 0.6) is 0 Å². The second-order valence-corrected chi connectivity index (χ2v) is 10.2. The van der Waals surface area contributed by atoms with Crippen molar-refractivity contribution in [1.82, 2.24) is 10.4 Å². The number of aryl methyl sites for hydroxylation is 1. The fraction of sp³-hybridized carbons (Fsp3) is 0.773. The van der Waals surface area contributed by atoms with Gasteiger partial charge in [-0.05, 0) is 47.5 Å². The van der Waals surface area contributed by atoms with Crippen molar-refractivity contribution in [1.29, 1.82) is 0 Å². The number of rotatable bonds is 3. The lowest BCUT2D eigenvalue weighted by Gasteiger charge is -2.39. The molecule has 0 radical (unpaired) electrons. The van der Waals surface area contributed by atoms with Crippen molar-refractivity contribution in [3.05, 3.63) is 29.6 Å². The molecular weight excluding hydrogens is 306 g/mol. The van der Waals surface area contributed by atoms with Crippen LogP contribution in [0.3, 0.4) is 0 Å². The summed E-state index contributed by atoms with van der Waals surface area (Å²) in [6, 6.07) is 5.88. The minimum absolute atomic E-state index is 0.416. The highest BCUT2D eigenvalue weighted by molar-refractivity contribution is 5.25. The van der Waals surface area contributed by atoms with Gasteiger partial charge in [0.15, 0.2) is 11.9 Å². The van der Waals surface area contributed by atoms with E-state index in [0.717, 1.165) is 11.8 Å². The molecule has 3 fully saturated rings. The Kier molecular flexibility index (Phi) is 3.87. The number of hydrogen-bond acceptors (Lipinski definition) is 2. The van der Waals surface area contributed by atoms with Gasteiger partial charge < -0.3 is 0 Å². The quantitative estimate of drug-likeness (QED) is 0.846. The van der Waals surface area contributed by atoms with E-state index in [2.05, 4.69) is 82.0 Å². The van der Waals surface area contributed by atoms with E-state index in [0.29, 0.717) is 28.8 Å². The lowest BCUT2D eigenvalue weighted by Crippen LogP contribution is -2.46. The molecule has 4 rings (SSSR count). The van der Waals surface area contributed by atoms with Crippen LogP contribution in [0, 0.1) is 28.6 Å². The first kappa shape index (κ1) is 17.5. The van der Waals surface area contributed by atoms with Crippen LogP contribution in [-0.4, -0.2) is 18.1 Å². The summed E-state index contributed by atoms with van der Waals surface area (Å²) in [7, 11) is 4.48. The van der Waals surface area contributed by atoms with E-state index >= 15 is 0 Å². The zero-order chi connectivity index (χ0) is 18.1. The summed E-state index contributed by atoms with van der Waals surface area (Å²) < 4.78 is 2.36. The Bertz CT molecular complexity index is 680. The molecule has 5 unspecified atom stereocenters. The van der Waals surface area contributed by atoms with Crippen molar-refractivity contribution < 1.29 is 4.57 Å². The van der Waals surface area contributed by atoms with Gasteiger partial charge in [0.1, 0.15) is 13.1 Å². The van der Waals surface area contributed by atoms with E-state index in [4.69, 9.17) is 0 Å². The number of hydrogen-bond donors (Lipinski definition) is 1. The standard InChI is InChI=1S/C22H36N3/c1-14(2)12-15-9-11-24(6)17(13-15)19-18-16-8-10-22(5,21(16,3)4)20(18)23-25(19)7/h9,11,13-14,16,18-20,23H,8,10,12H2,1-7H3/q+1. The van der Waals surface area contributed by atoms with Gasteiger partial charge in [-0.25, -0.2) is 9.58 Å². The van der Waals surface area contributed by atoms with Crippen LogP contribution in [0.2, 0.25) is 0 Å². The van der Waals surface area contributed by atoms with Gasteiger partial charge in [-0.3, -0.25) is 5.43 Å². The van der Waals surface area contributed by atoms with Crippen LogP contribution in [-0.2, 0) is 13.5 Å². The normalized spacial score (nSPS) is 39.4. The molecule has 25 heavy (non-hydrogen) atoms. The summed E-state index contributed by atoms with van der Waals surface area (Å²) in [6.45, 7) is 12.2. The molecule has 0 aromatic carbocycles. The maximum atomic E-state index is 3.90. The van der Waals surface area contributed by atoms with Crippen LogP contribution in [0.15, 0.2) is 18.3 Å². The number of hydrazine groups is 1. The molecule has 1 aromatic rings. The second-order valence-electron chi connectivity index (χ2n) is 10.2. The lowest BCUT2D eigenvalue weighted by atomic mass is 9.69. The van der Waals surface area contributed by atoms with Crippen molar-refractivity contribution in [2.45, 2.75) is 66.0 Å². The smallest absolute Gasteiger partial charge is 0.200 e. The molecule has 2 bridgehead atoms. The number of pyridine rings is 1. The molecule has 0 amide bonds. The SMILES string of the molecule is CC(C)Cc1cc[n+](C)c(C2C3C4CCC(C)(C3NN2C)C4(C)C)c1. The van der Waals surface area contributed by atoms with Crippen molar-refractivity contribution >= 4 is 0 Å². The molecule has 3 heteroatoms. The molecule has 5 atom stereocenters. The zero-order valence-electron chi connectivity index (χ0n) is 17.1. The molecular formula is C22H36N3+. The van der Waals surface area contributed by atoms with Gasteiger partial charge in [0.05, 0.1) is 0 Å². The molecule has 2 heterocycles. The fourth-order valence-electron chi connectivity index (χ4n) is 6.56. The Morgan fingerprint density at radius 2 is 2.04 bits per heavy atom. The molecule has 3 aliphatic rings. The Labute approximate surface area is 153 Å². The van der Waals surface area contributed by atoms with Gasteiger partial charge in [-0.1, -0.05) is 34.6 Å². The molecule has 138 valence electrons. The van der Waals surface area contributed by atoms with Gasteiger partial charge in [-0.2, -0.15) is 0 Å². The minimum atomic E-state index is 0.416. The van der Waals surface area contributed by atoms with Gasteiger partial charge in [0.25, 0.3) is 0 Å². The minimum Gasteiger partial charge on any atom is -0.251 e. The van der Waals surface area contributed by atoms with Crippen LogP contribution < -0.4 is 9.99 Å².